The standard InChI is InChI=1S/C33H41BrN2O4/c1-5-24(4)35-33(38)29(21-25-12-9-8-10-13-25)36(23-27-14-11-15-28(34)20-27)32(37)19-17-26-16-18-30(39-6-2)31(22-26)40-7-3/h8-16,18,20,22,24,29H,5-7,17,19,21,23H2,1-4H3,(H,35,38)/t24-,29+/m0/s1. The number of hydrogen-bond donors (Lipinski definition) is 1. The van der Waals surface area contributed by atoms with Gasteiger partial charge in [0.25, 0.3) is 0 Å². The molecule has 6 nitrogen and oxygen atoms in total. The number of amides is 2. The van der Waals surface area contributed by atoms with Gasteiger partial charge >= 0.3 is 0 Å². The Morgan fingerprint density at radius 3 is 2.23 bits per heavy atom. The number of benzene rings is 3. The molecule has 0 bridgehead atoms. The number of nitrogens with zero attached hydrogens (tertiary/aromatic N) is 1. The molecular formula is C33H41BrN2O4. The summed E-state index contributed by atoms with van der Waals surface area (Å²) in [6.07, 6.45) is 2.02. The average molecular weight is 610 g/mol. The van der Waals surface area contributed by atoms with Crippen molar-refractivity contribution < 1.29 is 19.1 Å². The van der Waals surface area contributed by atoms with Crippen LogP contribution in [-0.4, -0.2) is 42.0 Å². The van der Waals surface area contributed by atoms with E-state index < -0.39 is 6.04 Å². The monoisotopic (exact) mass is 608 g/mol. The third-order valence-corrected chi connectivity index (χ3v) is 7.24. The maximum atomic E-state index is 14.0. The van der Waals surface area contributed by atoms with E-state index in [9.17, 15) is 9.59 Å². The van der Waals surface area contributed by atoms with Crippen LogP contribution in [0.15, 0.2) is 77.3 Å². The number of hydrogen-bond acceptors (Lipinski definition) is 4. The zero-order valence-corrected chi connectivity index (χ0v) is 25.6. The van der Waals surface area contributed by atoms with Crippen LogP contribution in [0.5, 0.6) is 11.5 Å². The van der Waals surface area contributed by atoms with Gasteiger partial charge in [0.15, 0.2) is 11.5 Å². The first-order chi connectivity index (χ1) is 19.3. The highest BCUT2D eigenvalue weighted by Crippen LogP contribution is 2.29. The highest BCUT2D eigenvalue weighted by molar-refractivity contribution is 9.10. The summed E-state index contributed by atoms with van der Waals surface area (Å²) in [5.41, 5.74) is 2.94. The quantitative estimate of drug-likeness (QED) is 0.208. The molecule has 214 valence electrons. The highest BCUT2D eigenvalue weighted by atomic mass is 79.9. The van der Waals surface area contributed by atoms with E-state index >= 15 is 0 Å². The zero-order valence-electron chi connectivity index (χ0n) is 24.0. The van der Waals surface area contributed by atoms with Gasteiger partial charge in [0, 0.05) is 29.9 Å². The van der Waals surface area contributed by atoms with Gasteiger partial charge in [-0.3, -0.25) is 9.59 Å². The van der Waals surface area contributed by atoms with Gasteiger partial charge in [0.2, 0.25) is 11.8 Å². The zero-order chi connectivity index (χ0) is 28.9. The molecule has 0 fully saturated rings. The van der Waals surface area contributed by atoms with Gasteiger partial charge in [-0.1, -0.05) is 71.4 Å². The molecule has 0 aliphatic heterocycles. The maximum absolute atomic E-state index is 14.0. The van der Waals surface area contributed by atoms with Crippen molar-refractivity contribution in [1.82, 2.24) is 10.2 Å². The van der Waals surface area contributed by atoms with E-state index in [1.165, 1.54) is 0 Å². The Morgan fingerprint density at radius 1 is 0.850 bits per heavy atom. The predicted molar refractivity (Wildman–Crippen MR) is 164 cm³/mol. The predicted octanol–water partition coefficient (Wildman–Crippen LogP) is 6.73. The second kappa shape index (κ2) is 16.1. The van der Waals surface area contributed by atoms with Crippen molar-refractivity contribution >= 4 is 27.7 Å². The summed E-state index contributed by atoms with van der Waals surface area (Å²) >= 11 is 3.54. The molecule has 1 N–H and O–H groups in total. The van der Waals surface area contributed by atoms with Gasteiger partial charge in [0.1, 0.15) is 6.04 Å². The van der Waals surface area contributed by atoms with Crippen LogP contribution in [0.2, 0.25) is 0 Å². The van der Waals surface area contributed by atoms with Crippen LogP contribution in [0.1, 0.15) is 57.2 Å². The third kappa shape index (κ3) is 9.40. The summed E-state index contributed by atoms with van der Waals surface area (Å²) in [6, 6.07) is 22.9. The van der Waals surface area contributed by atoms with E-state index in [-0.39, 0.29) is 24.3 Å². The molecule has 0 heterocycles. The fraction of sp³-hybridized carbons (Fsp3) is 0.394. The Morgan fingerprint density at radius 2 is 1.55 bits per heavy atom. The minimum Gasteiger partial charge on any atom is -0.490 e. The first kappa shape index (κ1) is 31.2. The lowest BCUT2D eigenvalue weighted by Gasteiger charge is -2.32. The Balaban J connectivity index is 1.91. The van der Waals surface area contributed by atoms with Gasteiger partial charge in [-0.15, -0.1) is 0 Å². The minimum absolute atomic E-state index is 0.00874. The van der Waals surface area contributed by atoms with Crippen LogP contribution >= 0.6 is 15.9 Å². The molecule has 0 spiro atoms. The molecule has 40 heavy (non-hydrogen) atoms. The fourth-order valence-corrected chi connectivity index (χ4v) is 4.92. The van der Waals surface area contributed by atoms with Gasteiger partial charge < -0.3 is 19.7 Å². The molecule has 3 aromatic rings. The van der Waals surface area contributed by atoms with Crippen molar-refractivity contribution in [3.63, 3.8) is 0 Å². The fourth-order valence-electron chi connectivity index (χ4n) is 4.47. The second-order valence-corrected chi connectivity index (χ2v) is 10.7. The van der Waals surface area contributed by atoms with Crippen molar-refractivity contribution in [2.45, 2.75) is 72.0 Å². The van der Waals surface area contributed by atoms with Crippen molar-refractivity contribution in [2.75, 3.05) is 13.2 Å². The first-order valence-corrected chi connectivity index (χ1v) is 14.9. The molecule has 0 saturated carbocycles. The first-order valence-electron chi connectivity index (χ1n) is 14.1. The molecule has 2 amide bonds. The lowest BCUT2D eigenvalue weighted by Crippen LogP contribution is -2.52. The largest absolute Gasteiger partial charge is 0.490 e. The summed E-state index contributed by atoms with van der Waals surface area (Å²) in [5.74, 6) is 1.16. The third-order valence-electron chi connectivity index (χ3n) is 6.75. The summed E-state index contributed by atoms with van der Waals surface area (Å²) in [4.78, 5) is 29.4. The lowest BCUT2D eigenvalue weighted by atomic mass is 10.0. The van der Waals surface area contributed by atoms with Gasteiger partial charge in [-0.2, -0.15) is 0 Å². The van der Waals surface area contributed by atoms with Gasteiger partial charge in [-0.25, -0.2) is 0 Å². The number of carbonyl (C=O) groups excluding carboxylic acids is 2. The molecule has 0 aromatic heterocycles. The average Bonchev–Trinajstić information content (AvgIpc) is 2.95. The minimum atomic E-state index is -0.651. The molecule has 0 aliphatic rings. The van der Waals surface area contributed by atoms with Gasteiger partial charge in [-0.05, 0) is 74.6 Å². The number of nitrogens with one attached hydrogen (secondary N) is 1. The van der Waals surface area contributed by atoms with Crippen molar-refractivity contribution in [3.8, 4) is 11.5 Å². The summed E-state index contributed by atoms with van der Waals surface area (Å²) < 4.78 is 12.4. The van der Waals surface area contributed by atoms with Crippen LogP contribution < -0.4 is 14.8 Å². The van der Waals surface area contributed by atoms with Crippen molar-refractivity contribution in [1.29, 1.82) is 0 Å². The number of carbonyl (C=O) groups is 2. The summed E-state index contributed by atoms with van der Waals surface area (Å²) in [6.45, 7) is 9.29. The van der Waals surface area contributed by atoms with Crippen molar-refractivity contribution in [2.24, 2.45) is 0 Å². The van der Waals surface area contributed by atoms with Crippen LogP contribution in [-0.2, 0) is 29.0 Å². The number of ether oxygens (including phenoxy) is 2. The molecule has 7 heteroatoms. The molecule has 0 radical (unpaired) electrons. The molecule has 0 unspecified atom stereocenters. The Hall–Kier alpha value is -3.32. The Labute approximate surface area is 247 Å². The van der Waals surface area contributed by atoms with Crippen LogP contribution in [0, 0.1) is 0 Å². The maximum Gasteiger partial charge on any atom is 0.243 e. The summed E-state index contributed by atoms with van der Waals surface area (Å²) in [7, 11) is 0. The van der Waals surface area contributed by atoms with Gasteiger partial charge in [0.05, 0.1) is 13.2 Å². The van der Waals surface area contributed by atoms with E-state index in [0.717, 1.165) is 27.6 Å². The second-order valence-electron chi connectivity index (χ2n) is 9.82. The Kier molecular flexibility index (Phi) is 12.5. The molecule has 3 rings (SSSR count). The van der Waals surface area contributed by atoms with E-state index in [1.54, 1.807) is 4.90 Å². The highest BCUT2D eigenvalue weighted by Gasteiger charge is 2.31. The normalized spacial score (nSPS) is 12.3. The van der Waals surface area contributed by atoms with Crippen LogP contribution in [0.25, 0.3) is 0 Å². The van der Waals surface area contributed by atoms with Crippen LogP contribution in [0.3, 0.4) is 0 Å². The molecule has 2 atom stereocenters. The summed E-state index contributed by atoms with van der Waals surface area (Å²) in [5, 5.41) is 3.12. The Bertz CT molecular complexity index is 1230. The molecule has 0 saturated heterocycles. The SMILES string of the molecule is CCOc1ccc(CCC(=O)N(Cc2cccc(Br)c2)[C@H](Cc2ccccc2)C(=O)N[C@@H](C)CC)cc1OCC. The van der Waals surface area contributed by atoms with E-state index in [4.69, 9.17) is 9.47 Å². The lowest BCUT2D eigenvalue weighted by molar-refractivity contribution is -0.141. The molecule has 0 aliphatic carbocycles. The van der Waals surface area contributed by atoms with E-state index in [1.807, 2.05) is 100 Å². The number of aryl methyl sites for hydroxylation is 1. The van der Waals surface area contributed by atoms with E-state index in [2.05, 4.69) is 21.2 Å². The molecular weight excluding hydrogens is 568 g/mol. The van der Waals surface area contributed by atoms with Crippen LogP contribution in [0.4, 0.5) is 0 Å². The van der Waals surface area contributed by atoms with E-state index in [0.29, 0.717) is 44.1 Å². The number of rotatable bonds is 15. The number of halogens is 1. The smallest absolute Gasteiger partial charge is 0.243 e. The topological polar surface area (TPSA) is 67.9 Å². The molecule has 3 aromatic carbocycles. The van der Waals surface area contributed by atoms with Crippen molar-refractivity contribution in [3.05, 3.63) is 94.0 Å².